The van der Waals surface area contributed by atoms with Gasteiger partial charge < -0.3 is 15.4 Å². The molecule has 0 spiro atoms. The smallest absolute Gasteiger partial charge is 0.326 e. The first-order valence-electron chi connectivity index (χ1n) is 8.60. The predicted molar refractivity (Wildman–Crippen MR) is 105 cm³/mol. The van der Waals surface area contributed by atoms with E-state index < -0.39 is 23.6 Å². The Balaban J connectivity index is 1.67. The number of fused-ring (bicyclic) bond motifs is 2. The van der Waals surface area contributed by atoms with Gasteiger partial charge in [-0.2, -0.15) is 0 Å². The summed E-state index contributed by atoms with van der Waals surface area (Å²) in [7, 11) is 0. The molecule has 1 aliphatic rings. The van der Waals surface area contributed by atoms with Crippen LogP contribution in [0, 0.1) is 0 Å². The van der Waals surface area contributed by atoms with Crippen LogP contribution in [-0.2, 0) is 11.2 Å². The molecule has 3 N–H and O–H groups in total. The van der Waals surface area contributed by atoms with Gasteiger partial charge in [-0.05, 0) is 11.6 Å². The number of allylic oxidation sites excluding steroid dienone is 2. The summed E-state index contributed by atoms with van der Waals surface area (Å²) in [6.45, 7) is 0. The Labute approximate surface area is 164 Å². The summed E-state index contributed by atoms with van der Waals surface area (Å²) in [6, 6.07) is 12.7. The lowest BCUT2D eigenvalue weighted by molar-refractivity contribution is -0.139. The lowest BCUT2D eigenvalue weighted by atomic mass is 9.92. The predicted octanol–water partition coefficient (Wildman–Crippen LogP) is 3.28. The van der Waals surface area contributed by atoms with Crippen molar-refractivity contribution in [1.82, 2.24) is 10.3 Å². The molecule has 1 heterocycles. The molecule has 140 valence electrons. The monoisotopic (exact) mass is 394 g/mol. The van der Waals surface area contributed by atoms with Crippen LogP contribution in [0.3, 0.4) is 0 Å². The largest absolute Gasteiger partial charge is 0.480 e. The third-order valence-electron chi connectivity index (χ3n) is 4.78. The number of aromatic amines is 1. The zero-order valence-corrected chi connectivity index (χ0v) is 15.3. The zero-order valence-electron chi connectivity index (χ0n) is 14.5. The Kier molecular flexibility index (Phi) is 4.49. The fraction of sp³-hybridized carbons (Fsp3) is 0.0952. The van der Waals surface area contributed by atoms with Crippen molar-refractivity contribution in [2.24, 2.45) is 0 Å². The Morgan fingerprint density at radius 2 is 1.68 bits per heavy atom. The zero-order chi connectivity index (χ0) is 19.8. The van der Waals surface area contributed by atoms with E-state index in [1.54, 1.807) is 18.3 Å². The molecule has 0 saturated carbocycles. The minimum absolute atomic E-state index is 0.107. The maximum absolute atomic E-state index is 12.8. The van der Waals surface area contributed by atoms with Gasteiger partial charge in [0, 0.05) is 34.6 Å². The van der Waals surface area contributed by atoms with Gasteiger partial charge in [-0.15, -0.1) is 0 Å². The van der Waals surface area contributed by atoms with E-state index in [2.05, 4.69) is 10.3 Å². The van der Waals surface area contributed by atoms with E-state index in [0.717, 1.165) is 16.5 Å². The summed E-state index contributed by atoms with van der Waals surface area (Å²) < 4.78 is 0. The number of ketones is 2. The van der Waals surface area contributed by atoms with Gasteiger partial charge in [-0.3, -0.25) is 9.59 Å². The summed E-state index contributed by atoms with van der Waals surface area (Å²) in [6.07, 6.45) is 1.84. The number of aliphatic carboxylic acids is 1. The van der Waals surface area contributed by atoms with Gasteiger partial charge in [0.2, 0.25) is 11.6 Å². The molecule has 0 unspecified atom stereocenters. The second-order valence-electron chi connectivity index (χ2n) is 6.49. The lowest BCUT2D eigenvalue weighted by Crippen LogP contribution is -2.42. The minimum atomic E-state index is -1.15. The molecular formula is C21H15ClN2O4. The first-order chi connectivity index (χ1) is 13.5. The second-order valence-corrected chi connectivity index (χ2v) is 6.87. The molecule has 7 heteroatoms. The molecule has 6 nitrogen and oxygen atoms in total. The van der Waals surface area contributed by atoms with Crippen molar-refractivity contribution in [3.63, 3.8) is 0 Å². The molecule has 4 rings (SSSR count). The number of carboxylic acids is 1. The summed E-state index contributed by atoms with van der Waals surface area (Å²) in [5.41, 5.74) is 1.90. The summed E-state index contributed by atoms with van der Waals surface area (Å²) in [5.74, 6) is -2.15. The van der Waals surface area contributed by atoms with Crippen molar-refractivity contribution < 1.29 is 19.5 Å². The van der Waals surface area contributed by atoms with Crippen molar-refractivity contribution in [3.05, 3.63) is 82.1 Å². The molecule has 2 aromatic carbocycles. The number of nitrogens with one attached hydrogen (secondary N) is 2. The number of rotatable bonds is 5. The standard InChI is InChI=1S/C21H15ClN2O4/c22-17-18(20(26)14-7-2-1-6-13(14)19(17)25)24-16(21(27)28)9-11-10-23-15-8-4-3-5-12(11)15/h1-8,10,16,23-24H,9H2,(H,27,28)/t16-/m0/s1. The van der Waals surface area contributed by atoms with Gasteiger partial charge in [-0.1, -0.05) is 54.1 Å². The van der Waals surface area contributed by atoms with Crippen LogP contribution in [0.1, 0.15) is 26.3 Å². The van der Waals surface area contributed by atoms with E-state index in [-0.39, 0.29) is 28.3 Å². The summed E-state index contributed by atoms with van der Waals surface area (Å²) in [5, 5.41) is 13.0. The van der Waals surface area contributed by atoms with Crippen LogP contribution < -0.4 is 5.32 Å². The fourth-order valence-electron chi connectivity index (χ4n) is 3.37. The van der Waals surface area contributed by atoms with Crippen molar-refractivity contribution in [2.45, 2.75) is 12.5 Å². The molecule has 0 fully saturated rings. The Morgan fingerprint density at radius 1 is 1.04 bits per heavy atom. The van der Waals surface area contributed by atoms with Gasteiger partial charge in [0.25, 0.3) is 0 Å². The third-order valence-corrected chi connectivity index (χ3v) is 5.14. The number of halogens is 1. The Morgan fingerprint density at radius 3 is 2.39 bits per heavy atom. The van der Waals surface area contributed by atoms with Gasteiger partial charge in [0.05, 0.1) is 0 Å². The highest BCUT2D eigenvalue weighted by Crippen LogP contribution is 2.28. The number of carboxylic acid groups (broad SMARTS) is 1. The van der Waals surface area contributed by atoms with Gasteiger partial charge >= 0.3 is 5.97 Å². The average molecular weight is 395 g/mol. The molecular weight excluding hydrogens is 380 g/mol. The highest BCUT2D eigenvalue weighted by atomic mass is 35.5. The van der Waals surface area contributed by atoms with E-state index in [0.29, 0.717) is 0 Å². The van der Waals surface area contributed by atoms with E-state index in [1.807, 2.05) is 24.3 Å². The number of hydrogen-bond donors (Lipinski definition) is 3. The third kappa shape index (κ3) is 2.97. The number of H-pyrrole nitrogens is 1. The van der Waals surface area contributed by atoms with Crippen molar-refractivity contribution in [2.75, 3.05) is 0 Å². The van der Waals surface area contributed by atoms with Crippen molar-refractivity contribution >= 4 is 40.0 Å². The number of benzene rings is 2. The van der Waals surface area contributed by atoms with Crippen LogP contribution in [0.15, 0.2) is 65.5 Å². The molecule has 0 bridgehead atoms. The molecule has 0 amide bonds. The highest BCUT2D eigenvalue weighted by Gasteiger charge is 2.33. The van der Waals surface area contributed by atoms with E-state index in [1.165, 1.54) is 12.1 Å². The lowest BCUT2D eigenvalue weighted by Gasteiger charge is -2.22. The number of carbonyl (C=O) groups is 3. The summed E-state index contributed by atoms with van der Waals surface area (Å²) in [4.78, 5) is 40.2. The van der Waals surface area contributed by atoms with Crippen LogP contribution in [0.5, 0.6) is 0 Å². The van der Waals surface area contributed by atoms with E-state index in [4.69, 9.17) is 11.6 Å². The van der Waals surface area contributed by atoms with Crippen LogP contribution in [0.25, 0.3) is 10.9 Å². The minimum Gasteiger partial charge on any atom is -0.480 e. The fourth-order valence-corrected chi connectivity index (χ4v) is 3.61. The molecule has 1 atom stereocenters. The quantitative estimate of drug-likeness (QED) is 0.616. The SMILES string of the molecule is O=C1C(Cl)=C(N[C@@H](Cc2c[nH]c3ccccc23)C(=O)O)C(=O)c2ccccc21. The number of hydrogen-bond acceptors (Lipinski definition) is 4. The van der Waals surface area contributed by atoms with Crippen LogP contribution in [-0.4, -0.2) is 33.7 Å². The van der Waals surface area contributed by atoms with Gasteiger partial charge in [-0.25, -0.2) is 4.79 Å². The van der Waals surface area contributed by atoms with Crippen molar-refractivity contribution in [3.8, 4) is 0 Å². The van der Waals surface area contributed by atoms with E-state index >= 15 is 0 Å². The molecule has 1 aliphatic carbocycles. The van der Waals surface area contributed by atoms with Crippen LogP contribution in [0.4, 0.5) is 0 Å². The van der Waals surface area contributed by atoms with Crippen LogP contribution in [0.2, 0.25) is 0 Å². The highest BCUT2D eigenvalue weighted by molar-refractivity contribution is 6.49. The van der Waals surface area contributed by atoms with E-state index in [9.17, 15) is 19.5 Å². The normalized spacial score (nSPS) is 14.9. The molecule has 1 aromatic heterocycles. The molecule has 3 aromatic rings. The summed E-state index contributed by atoms with van der Waals surface area (Å²) >= 11 is 6.13. The van der Waals surface area contributed by atoms with Gasteiger partial charge in [0.1, 0.15) is 16.8 Å². The first-order valence-corrected chi connectivity index (χ1v) is 8.97. The molecule has 0 saturated heterocycles. The maximum Gasteiger partial charge on any atom is 0.326 e. The Hall–Kier alpha value is -3.38. The molecule has 0 aliphatic heterocycles. The topological polar surface area (TPSA) is 99.3 Å². The number of carbonyl (C=O) groups excluding carboxylic acids is 2. The van der Waals surface area contributed by atoms with Gasteiger partial charge in [0.15, 0.2) is 0 Å². The van der Waals surface area contributed by atoms with Crippen LogP contribution >= 0.6 is 11.6 Å². The Bertz CT molecular complexity index is 1160. The maximum atomic E-state index is 12.8. The number of Topliss-reactive ketones (excluding diaryl/α,β-unsaturated/α-hetero) is 2. The molecule has 28 heavy (non-hydrogen) atoms. The number of aromatic nitrogens is 1. The number of para-hydroxylation sites is 1. The average Bonchev–Trinajstić information content (AvgIpc) is 3.11. The molecule has 0 radical (unpaired) electrons. The first kappa shape index (κ1) is 18.0. The van der Waals surface area contributed by atoms with Crippen molar-refractivity contribution in [1.29, 1.82) is 0 Å². The second kappa shape index (κ2) is 6.98.